The van der Waals surface area contributed by atoms with Gasteiger partial charge in [0.15, 0.2) is 0 Å². The summed E-state index contributed by atoms with van der Waals surface area (Å²) in [5.41, 5.74) is 0.317. The van der Waals surface area contributed by atoms with E-state index in [-0.39, 0.29) is 0 Å². The van der Waals surface area contributed by atoms with Gasteiger partial charge in [0.1, 0.15) is 0 Å². The second-order valence-electron chi connectivity index (χ2n) is 5.07. The monoisotopic (exact) mass is 289 g/mol. The molecule has 1 aromatic heterocycles. The van der Waals surface area contributed by atoms with E-state index in [0.717, 1.165) is 13.0 Å². The first-order valence-corrected chi connectivity index (χ1v) is 7.03. The van der Waals surface area contributed by atoms with Gasteiger partial charge >= 0.3 is 0 Å². The van der Waals surface area contributed by atoms with Crippen molar-refractivity contribution in [2.45, 2.75) is 40.2 Å². The van der Waals surface area contributed by atoms with Crippen LogP contribution in [0.25, 0.3) is 0 Å². The van der Waals surface area contributed by atoms with Crippen LogP contribution >= 0.6 is 27.3 Å². The second-order valence-corrected chi connectivity index (χ2v) is 6.92. The second kappa shape index (κ2) is 5.46. The Labute approximate surface area is 105 Å². The molecule has 0 spiro atoms. The summed E-state index contributed by atoms with van der Waals surface area (Å²) < 4.78 is 1.25. The van der Waals surface area contributed by atoms with Gasteiger partial charge in [-0.05, 0) is 39.2 Å². The van der Waals surface area contributed by atoms with Crippen molar-refractivity contribution in [1.29, 1.82) is 0 Å². The molecule has 0 radical (unpaired) electrons. The van der Waals surface area contributed by atoms with Gasteiger partial charge in [-0.3, -0.25) is 0 Å². The predicted octanol–water partition coefficient (Wildman–Crippen LogP) is 4.08. The Morgan fingerprint density at radius 1 is 1.47 bits per heavy atom. The first kappa shape index (κ1) is 13.2. The third-order valence-corrected chi connectivity index (χ3v) is 4.25. The minimum Gasteiger partial charge on any atom is -0.314 e. The number of thiophene rings is 1. The molecule has 0 bridgehead atoms. The maximum atomic E-state index is 3.59. The van der Waals surface area contributed by atoms with Crippen molar-refractivity contribution in [3.05, 3.63) is 20.8 Å². The van der Waals surface area contributed by atoms with Crippen LogP contribution in [-0.4, -0.2) is 12.6 Å². The highest BCUT2D eigenvalue weighted by Gasteiger charge is 2.20. The van der Waals surface area contributed by atoms with E-state index in [9.17, 15) is 0 Å². The lowest BCUT2D eigenvalue weighted by molar-refractivity contribution is 0.327. The quantitative estimate of drug-likeness (QED) is 0.861. The van der Waals surface area contributed by atoms with Crippen molar-refractivity contribution in [2.75, 3.05) is 6.54 Å². The first-order chi connectivity index (χ1) is 6.91. The number of nitrogens with one attached hydrogen (secondary N) is 1. The summed E-state index contributed by atoms with van der Waals surface area (Å²) in [7, 11) is 0. The zero-order valence-electron chi connectivity index (χ0n) is 9.93. The highest BCUT2D eigenvalue weighted by atomic mass is 79.9. The van der Waals surface area contributed by atoms with Gasteiger partial charge in [0.25, 0.3) is 0 Å². The van der Waals surface area contributed by atoms with E-state index in [1.807, 2.05) is 11.3 Å². The van der Waals surface area contributed by atoms with Crippen LogP contribution in [0.4, 0.5) is 0 Å². The molecule has 0 saturated heterocycles. The van der Waals surface area contributed by atoms with Crippen molar-refractivity contribution < 1.29 is 0 Å². The van der Waals surface area contributed by atoms with Gasteiger partial charge in [0.2, 0.25) is 0 Å². The molecule has 0 aliphatic heterocycles. The molecule has 0 unspecified atom stereocenters. The molecule has 0 amide bonds. The number of rotatable bonds is 5. The maximum Gasteiger partial charge on any atom is 0.0314 e. The molecule has 15 heavy (non-hydrogen) atoms. The average molecular weight is 290 g/mol. The molecule has 0 aromatic carbocycles. The summed E-state index contributed by atoms with van der Waals surface area (Å²) in [6.45, 7) is 10.1. The fourth-order valence-electron chi connectivity index (χ4n) is 1.43. The fourth-order valence-corrected chi connectivity index (χ4v) is 3.18. The summed E-state index contributed by atoms with van der Waals surface area (Å²) in [5.74, 6) is 0. The van der Waals surface area contributed by atoms with Crippen LogP contribution in [0, 0.1) is 5.41 Å². The van der Waals surface area contributed by atoms with E-state index >= 15 is 0 Å². The third kappa shape index (κ3) is 4.66. The molecule has 1 nitrogen and oxygen atoms in total. The zero-order chi connectivity index (χ0) is 11.5. The fraction of sp³-hybridized carbons (Fsp3) is 0.667. The standard InChI is InChI=1S/C12H20BrNS/c1-9(2)14-8-12(3,4)7-11-10(13)5-6-15-11/h5-6,9,14H,7-8H2,1-4H3. The predicted molar refractivity (Wildman–Crippen MR) is 72.6 cm³/mol. The number of hydrogen-bond donors (Lipinski definition) is 1. The average Bonchev–Trinajstić information content (AvgIpc) is 2.48. The van der Waals surface area contributed by atoms with Crippen molar-refractivity contribution >= 4 is 27.3 Å². The molecule has 86 valence electrons. The lowest BCUT2D eigenvalue weighted by Gasteiger charge is -2.26. The van der Waals surface area contributed by atoms with E-state index in [1.54, 1.807) is 0 Å². The molecule has 0 aliphatic carbocycles. The largest absolute Gasteiger partial charge is 0.314 e. The van der Waals surface area contributed by atoms with Gasteiger partial charge in [-0.1, -0.05) is 27.7 Å². The van der Waals surface area contributed by atoms with E-state index in [0.29, 0.717) is 11.5 Å². The van der Waals surface area contributed by atoms with Gasteiger partial charge in [-0.2, -0.15) is 0 Å². The smallest absolute Gasteiger partial charge is 0.0314 e. The summed E-state index contributed by atoms with van der Waals surface area (Å²) in [4.78, 5) is 1.45. The van der Waals surface area contributed by atoms with E-state index in [1.165, 1.54) is 9.35 Å². The molecule has 0 fully saturated rings. The minimum atomic E-state index is 0.317. The van der Waals surface area contributed by atoms with Crippen molar-refractivity contribution in [2.24, 2.45) is 5.41 Å². The summed E-state index contributed by atoms with van der Waals surface area (Å²) in [5, 5.41) is 5.65. The number of hydrogen-bond acceptors (Lipinski definition) is 2. The molecule has 0 aliphatic rings. The number of halogens is 1. The van der Waals surface area contributed by atoms with Crippen LogP contribution < -0.4 is 5.32 Å². The highest BCUT2D eigenvalue weighted by Crippen LogP contribution is 2.30. The van der Waals surface area contributed by atoms with Crippen molar-refractivity contribution in [3.63, 3.8) is 0 Å². The van der Waals surface area contributed by atoms with Gasteiger partial charge in [0.05, 0.1) is 0 Å². The van der Waals surface area contributed by atoms with Gasteiger partial charge in [-0.25, -0.2) is 0 Å². The van der Waals surface area contributed by atoms with E-state index in [4.69, 9.17) is 0 Å². The third-order valence-electron chi connectivity index (χ3n) is 2.32. The minimum absolute atomic E-state index is 0.317. The molecular formula is C12H20BrNS. The first-order valence-electron chi connectivity index (χ1n) is 5.36. The van der Waals surface area contributed by atoms with Crippen LogP contribution in [-0.2, 0) is 6.42 Å². The van der Waals surface area contributed by atoms with Crippen LogP contribution in [0.5, 0.6) is 0 Å². The molecule has 1 rings (SSSR count). The summed E-state index contributed by atoms with van der Waals surface area (Å²) in [6.07, 6.45) is 1.13. The Morgan fingerprint density at radius 3 is 2.60 bits per heavy atom. The van der Waals surface area contributed by atoms with Crippen LogP contribution in [0.15, 0.2) is 15.9 Å². The van der Waals surface area contributed by atoms with E-state index < -0.39 is 0 Å². The van der Waals surface area contributed by atoms with Crippen LogP contribution in [0.1, 0.15) is 32.6 Å². The Hall–Kier alpha value is 0.140. The van der Waals surface area contributed by atoms with Crippen molar-refractivity contribution in [3.8, 4) is 0 Å². The van der Waals surface area contributed by atoms with Crippen LogP contribution in [0.2, 0.25) is 0 Å². The molecule has 0 atom stereocenters. The van der Waals surface area contributed by atoms with Gasteiger partial charge in [0, 0.05) is 21.9 Å². The Kier molecular flexibility index (Phi) is 4.81. The molecule has 1 heterocycles. The van der Waals surface area contributed by atoms with Gasteiger partial charge < -0.3 is 5.32 Å². The zero-order valence-corrected chi connectivity index (χ0v) is 12.3. The Bertz CT molecular complexity index is 304. The molecule has 1 aromatic rings. The summed E-state index contributed by atoms with van der Waals surface area (Å²) in [6, 6.07) is 2.70. The molecule has 1 N–H and O–H groups in total. The van der Waals surface area contributed by atoms with E-state index in [2.05, 4.69) is 60.4 Å². The normalized spacial score (nSPS) is 12.4. The summed E-state index contributed by atoms with van der Waals surface area (Å²) >= 11 is 5.42. The molecule has 0 saturated carbocycles. The maximum absolute atomic E-state index is 3.59. The Balaban J connectivity index is 2.52. The molecule has 3 heteroatoms. The highest BCUT2D eigenvalue weighted by molar-refractivity contribution is 9.10. The Morgan fingerprint density at radius 2 is 2.13 bits per heavy atom. The molecular weight excluding hydrogens is 270 g/mol. The lowest BCUT2D eigenvalue weighted by Crippen LogP contribution is -2.35. The lowest BCUT2D eigenvalue weighted by atomic mass is 9.88. The van der Waals surface area contributed by atoms with Gasteiger partial charge in [-0.15, -0.1) is 11.3 Å². The van der Waals surface area contributed by atoms with Crippen molar-refractivity contribution in [1.82, 2.24) is 5.32 Å². The van der Waals surface area contributed by atoms with Crippen LogP contribution in [0.3, 0.4) is 0 Å². The topological polar surface area (TPSA) is 12.0 Å². The SMILES string of the molecule is CC(C)NCC(C)(C)Cc1sccc1Br.